The van der Waals surface area contributed by atoms with E-state index in [2.05, 4.69) is 44.5 Å². The highest BCUT2D eigenvalue weighted by Gasteiger charge is 2.00. The minimum Gasteiger partial charge on any atom is -0.0654 e. The van der Waals surface area contributed by atoms with E-state index in [0.717, 1.165) is 0 Å². The third-order valence-electron chi connectivity index (χ3n) is 2.50. The Labute approximate surface area is 88.4 Å². The number of hydrogen-bond donors (Lipinski definition) is 0. The highest BCUT2D eigenvalue weighted by molar-refractivity contribution is 5.32. The van der Waals surface area contributed by atoms with Gasteiger partial charge in [0.1, 0.15) is 0 Å². The first-order valence-electron chi connectivity index (χ1n) is 5.79. The van der Waals surface area contributed by atoms with Crippen LogP contribution in [0, 0.1) is 6.42 Å². The number of aryl methyl sites for hydroxylation is 1. The second-order valence-corrected chi connectivity index (χ2v) is 3.80. The van der Waals surface area contributed by atoms with Crippen LogP contribution in [0.1, 0.15) is 50.7 Å². The van der Waals surface area contributed by atoms with Crippen molar-refractivity contribution in [2.75, 3.05) is 0 Å². The van der Waals surface area contributed by atoms with E-state index in [1.165, 1.54) is 43.2 Å². The maximum absolute atomic E-state index is 2.38. The highest BCUT2D eigenvalue weighted by atomic mass is 14.0. The topological polar surface area (TPSA) is 0 Å². The molecule has 0 saturated carbocycles. The average molecular weight is 189 g/mol. The lowest BCUT2D eigenvalue weighted by molar-refractivity contribution is 0.787. The van der Waals surface area contributed by atoms with Gasteiger partial charge in [-0.3, -0.25) is 0 Å². The summed E-state index contributed by atoms with van der Waals surface area (Å²) in [4.78, 5) is 0. The molecular formula is C14H21. The summed E-state index contributed by atoms with van der Waals surface area (Å²) >= 11 is 0. The van der Waals surface area contributed by atoms with Crippen LogP contribution in [0.4, 0.5) is 0 Å². The Morgan fingerprint density at radius 1 is 1.07 bits per heavy atom. The summed E-state index contributed by atoms with van der Waals surface area (Å²) in [7, 11) is 0. The van der Waals surface area contributed by atoms with E-state index in [4.69, 9.17) is 0 Å². The molecule has 0 nitrogen and oxygen atoms in total. The van der Waals surface area contributed by atoms with Gasteiger partial charge in [0, 0.05) is 0 Å². The van der Waals surface area contributed by atoms with E-state index < -0.39 is 0 Å². The van der Waals surface area contributed by atoms with Gasteiger partial charge in [0.2, 0.25) is 0 Å². The van der Waals surface area contributed by atoms with Gasteiger partial charge in [0.25, 0.3) is 0 Å². The Balaban J connectivity index is 2.55. The van der Waals surface area contributed by atoms with Gasteiger partial charge in [-0.15, -0.1) is 0 Å². The first-order valence-corrected chi connectivity index (χ1v) is 5.79. The van der Waals surface area contributed by atoms with Gasteiger partial charge in [-0.2, -0.15) is 0 Å². The van der Waals surface area contributed by atoms with Crippen molar-refractivity contribution in [3.05, 3.63) is 41.8 Å². The first kappa shape index (κ1) is 11.3. The second-order valence-electron chi connectivity index (χ2n) is 3.80. The molecule has 0 heterocycles. The largest absolute Gasteiger partial charge is 0.0654 e. The minimum atomic E-state index is 1.21. The molecule has 0 aromatic heterocycles. The normalized spacial score (nSPS) is 10.4. The third-order valence-corrected chi connectivity index (χ3v) is 2.50. The summed E-state index contributed by atoms with van der Waals surface area (Å²) in [5.74, 6) is 0. The molecule has 0 heteroatoms. The molecule has 0 aliphatic heterocycles. The molecule has 1 rings (SSSR count). The quantitative estimate of drug-likeness (QED) is 0.582. The zero-order valence-electron chi connectivity index (χ0n) is 9.42. The van der Waals surface area contributed by atoms with E-state index >= 15 is 0 Å². The van der Waals surface area contributed by atoms with Crippen molar-refractivity contribution in [1.29, 1.82) is 0 Å². The van der Waals surface area contributed by atoms with Gasteiger partial charge in [-0.1, -0.05) is 57.4 Å². The Hall–Kier alpha value is -0.780. The predicted molar refractivity (Wildman–Crippen MR) is 63.4 cm³/mol. The lowest BCUT2D eigenvalue weighted by atomic mass is 9.98. The van der Waals surface area contributed by atoms with Crippen LogP contribution in [0.3, 0.4) is 0 Å². The molecule has 0 aliphatic rings. The molecule has 0 bridgehead atoms. The third kappa shape index (κ3) is 3.53. The van der Waals surface area contributed by atoms with Crippen molar-refractivity contribution >= 4 is 0 Å². The highest BCUT2D eigenvalue weighted by Crippen LogP contribution is 2.15. The van der Waals surface area contributed by atoms with Gasteiger partial charge in [-0.05, 0) is 30.4 Å². The Morgan fingerprint density at radius 2 is 1.86 bits per heavy atom. The van der Waals surface area contributed by atoms with Gasteiger partial charge in [0.05, 0.1) is 0 Å². The second kappa shape index (κ2) is 6.64. The molecule has 0 fully saturated rings. The standard InChI is InChI=1S/C14H21/c1-3-5-6-10-14-12-8-7-11-13(14)9-4-2/h7-8,10-12H,3-6,9H2,1-2H3. The molecule has 1 radical (unpaired) electrons. The van der Waals surface area contributed by atoms with Crippen molar-refractivity contribution in [2.45, 2.75) is 46.0 Å². The lowest BCUT2D eigenvalue weighted by Crippen LogP contribution is -1.91. The summed E-state index contributed by atoms with van der Waals surface area (Å²) in [6.45, 7) is 4.48. The number of benzene rings is 1. The van der Waals surface area contributed by atoms with E-state index in [1.807, 2.05) is 0 Å². The van der Waals surface area contributed by atoms with Crippen molar-refractivity contribution in [1.82, 2.24) is 0 Å². The summed E-state index contributed by atoms with van der Waals surface area (Å²) in [5, 5.41) is 0. The number of unbranched alkanes of at least 4 members (excludes halogenated alkanes) is 2. The lowest BCUT2D eigenvalue weighted by Gasteiger charge is -2.07. The molecule has 0 N–H and O–H groups in total. The molecule has 14 heavy (non-hydrogen) atoms. The Kier molecular flexibility index (Phi) is 5.36. The van der Waals surface area contributed by atoms with Crippen LogP contribution in [0.2, 0.25) is 0 Å². The van der Waals surface area contributed by atoms with E-state index in [0.29, 0.717) is 0 Å². The molecule has 0 unspecified atom stereocenters. The Bertz CT molecular complexity index is 250. The van der Waals surface area contributed by atoms with Crippen molar-refractivity contribution in [2.24, 2.45) is 0 Å². The molecule has 77 valence electrons. The monoisotopic (exact) mass is 189 g/mol. The van der Waals surface area contributed by atoms with Gasteiger partial charge >= 0.3 is 0 Å². The van der Waals surface area contributed by atoms with Gasteiger partial charge in [0.15, 0.2) is 0 Å². The van der Waals surface area contributed by atoms with Crippen LogP contribution in [0.15, 0.2) is 24.3 Å². The fourth-order valence-electron chi connectivity index (χ4n) is 1.69. The van der Waals surface area contributed by atoms with Crippen LogP contribution >= 0.6 is 0 Å². The fourth-order valence-corrected chi connectivity index (χ4v) is 1.69. The van der Waals surface area contributed by atoms with Crippen LogP contribution < -0.4 is 0 Å². The predicted octanol–water partition coefficient (Wildman–Crippen LogP) is 4.38. The van der Waals surface area contributed by atoms with Gasteiger partial charge < -0.3 is 0 Å². The smallest absolute Gasteiger partial charge is 0.00903 e. The summed E-state index contributed by atoms with van der Waals surface area (Å²) in [6.07, 6.45) is 8.63. The molecular weight excluding hydrogens is 168 g/mol. The molecule has 1 aromatic carbocycles. The van der Waals surface area contributed by atoms with Crippen molar-refractivity contribution in [3.8, 4) is 0 Å². The molecule has 0 saturated heterocycles. The van der Waals surface area contributed by atoms with Crippen molar-refractivity contribution < 1.29 is 0 Å². The number of hydrogen-bond acceptors (Lipinski definition) is 0. The Morgan fingerprint density at radius 3 is 2.57 bits per heavy atom. The first-order chi connectivity index (χ1) is 6.88. The van der Waals surface area contributed by atoms with Crippen molar-refractivity contribution in [3.63, 3.8) is 0 Å². The summed E-state index contributed by atoms with van der Waals surface area (Å²) in [5.41, 5.74) is 2.95. The van der Waals surface area contributed by atoms with Crippen LogP contribution in [-0.2, 0) is 6.42 Å². The number of rotatable bonds is 6. The fraction of sp³-hybridized carbons (Fsp3) is 0.500. The van der Waals surface area contributed by atoms with Crippen LogP contribution in [0.5, 0.6) is 0 Å². The summed E-state index contributed by atoms with van der Waals surface area (Å²) < 4.78 is 0. The van der Waals surface area contributed by atoms with Crippen LogP contribution in [0.25, 0.3) is 0 Å². The molecule has 0 spiro atoms. The minimum absolute atomic E-state index is 1.21. The maximum Gasteiger partial charge on any atom is -0.00903 e. The van der Waals surface area contributed by atoms with E-state index in [-0.39, 0.29) is 0 Å². The SMILES string of the molecule is CCCC[CH]c1ccccc1CCC. The van der Waals surface area contributed by atoms with Gasteiger partial charge in [-0.25, -0.2) is 0 Å². The van der Waals surface area contributed by atoms with Crippen LogP contribution in [-0.4, -0.2) is 0 Å². The molecule has 1 aromatic rings. The molecule has 0 aliphatic carbocycles. The zero-order valence-corrected chi connectivity index (χ0v) is 9.42. The maximum atomic E-state index is 2.38. The van der Waals surface area contributed by atoms with E-state index in [9.17, 15) is 0 Å². The van der Waals surface area contributed by atoms with E-state index in [1.54, 1.807) is 0 Å². The molecule has 0 amide bonds. The zero-order chi connectivity index (χ0) is 10.2. The molecule has 0 atom stereocenters. The average Bonchev–Trinajstić information content (AvgIpc) is 2.21. The summed E-state index contributed by atoms with van der Waals surface area (Å²) in [6, 6.07) is 8.76.